The molecule has 0 aliphatic carbocycles. The molecule has 0 unspecified atom stereocenters. The van der Waals surface area contributed by atoms with Crippen LogP contribution in [0.2, 0.25) is 0 Å². The lowest BCUT2D eigenvalue weighted by molar-refractivity contribution is -0.140. The Morgan fingerprint density at radius 1 is 1.19 bits per heavy atom. The van der Waals surface area contributed by atoms with Crippen molar-refractivity contribution >= 4 is 23.3 Å². The first-order valence-corrected chi connectivity index (χ1v) is 8.15. The maximum absolute atomic E-state index is 12.2. The van der Waals surface area contributed by atoms with Crippen LogP contribution in [0.5, 0.6) is 0 Å². The van der Waals surface area contributed by atoms with Crippen molar-refractivity contribution in [1.82, 2.24) is 15.1 Å². The zero-order valence-electron chi connectivity index (χ0n) is 12.9. The van der Waals surface area contributed by atoms with Gasteiger partial charge in [-0.25, -0.2) is 4.79 Å². The Hall–Kier alpha value is -1.56. The summed E-state index contributed by atoms with van der Waals surface area (Å²) >= 11 is 1.62. The molecule has 1 fully saturated rings. The largest absolute Gasteiger partial charge is 0.339 e. The molecule has 0 bridgehead atoms. The van der Waals surface area contributed by atoms with Gasteiger partial charge in [0.2, 0.25) is 5.91 Å². The van der Waals surface area contributed by atoms with E-state index in [9.17, 15) is 9.59 Å². The Bertz CT molecular complexity index is 486. The molecule has 5 nitrogen and oxygen atoms in total. The molecule has 1 aliphatic heterocycles. The number of thiophene rings is 1. The molecule has 6 heteroatoms. The van der Waals surface area contributed by atoms with Crippen LogP contribution in [0.15, 0.2) is 16.8 Å². The van der Waals surface area contributed by atoms with Crippen LogP contribution >= 0.6 is 11.3 Å². The zero-order valence-corrected chi connectivity index (χ0v) is 13.7. The third kappa shape index (κ3) is 4.20. The second-order valence-electron chi connectivity index (χ2n) is 6.32. The molecule has 21 heavy (non-hydrogen) atoms. The van der Waals surface area contributed by atoms with Gasteiger partial charge in [0.05, 0.1) is 0 Å². The average Bonchev–Trinajstić information content (AvgIpc) is 2.96. The fraction of sp³-hybridized carbons (Fsp3) is 0.600. The third-order valence-electron chi connectivity index (χ3n) is 3.52. The normalized spacial score (nSPS) is 16.0. The van der Waals surface area contributed by atoms with E-state index in [1.165, 1.54) is 0 Å². The van der Waals surface area contributed by atoms with Crippen molar-refractivity contribution in [3.63, 3.8) is 0 Å². The molecule has 1 N–H and O–H groups in total. The summed E-state index contributed by atoms with van der Waals surface area (Å²) in [5.41, 5.74) is 0.763. The van der Waals surface area contributed by atoms with E-state index in [4.69, 9.17) is 0 Å². The van der Waals surface area contributed by atoms with Gasteiger partial charge in [0, 0.05) is 38.1 Å². The summed E-state index contributed by atoms with van der Waals surface area (Å²) in [6.45, 7) is 8.75. The fourth-order valence-electron chi connectivity index (χ4n) is 2.27. The number of hydrogen-bond acceptors (Lipinski definition) is 3. The van der Waals surface area contributed by atoms with Crippen molar-refractivity contribution in [3.05, 3.63) is 22.4 Å². The molecule has 1 aliphatic rings. The van der Waals surface area contributed by atoms with Gasteiger partial charge in [-0.2, -0.15) is 11.3 Å². The number of carbonyl (C=O) groups is 2. The maximum atomic E-state index is 12.2. The predicted octanol–water partition coefficient (Wildman–Crippen LogP) is 2.15. The summed E-state index contributed by atoms with van der Waals surface area (Å²) < 4.78 is 0. The van der Waals surface area contributed by atoms with Gasteiger partial charge in [0.1, 0.15) is 0 Å². The Balaban J connectivity index is 1.78. The van der Waals surface area contributed by atoms with Crippen LogP contribution in [0, 0.1) is 5.41 Å². The summed E-state index contributed by atoms with van der Waals surface area (Å²) in [4.78, 5) is 27.9. The third-order valence-corrected chi connectivity index (χ3v) is 4.25. The van der Waals surface area contributed by atoms with E-state index in [0.29, 0.717) is 32.7 Å². The Labute approximate surface area is 129 Å². The average molecular weight is 309 g/mol. The molecule has 0 spiro atoms. The molecule has 1 saturated heterocycles. The van der Waals surface area contributed by atoms with Crippen LogP contribution in [0.25, 0.3) is 0 Å². The van der Waals surface area contributed by atoms with Crippen molar-refractivity contribution in [1.29, 1.82) is 0 Å². The van der Waals surface area contributed by atoms with Crippen LogP contribution < -0.4 is 5.32 Å². The molecule has 1 aromatic heterocycles. The highest BCUT2D eigenvalue weighted by Gasteiger charge is 2.30. The Kier molecular flexibility index (Phi) is 4.88. The topological polar surface area (TPSA) is 52.7 Å². The van der Waals surface area contributed by atoms with E-state index in [-0.39, 0.29) is 17.4 Å². The van der Waals surface area contributed by atoms with Gasteiger partial charge >= 0.3 is 6.03 Å². The lowest BCUT2D eigenvalue weighted by atomic mass is 9.94. The number of carbonyl (C=O) groups excluding carboxylic acids is 2. The highest BCUT2D eigenvalue weighted by atomic mass is 32.1. The van der Waals surface area contributed by atoms with Gasteiger partial charge < -0.3 is 15.1 Å². The van der Waals surface area contributed by atoms with Crippen LogP contribution in [-0.4, -0.2) is 47.9 Å². The molecule has 2 rings (SSSR count). The van der Waals surface area contributed by atoms with Crippen LogP contribution in [0.3, 0.4) is 0 Å². The zero-order chi connectivity index (χ0) is 15.5. The van der Waals surface area contributed by atoms with E-state index in [2.05, 4.69) is 5.32 Å². The molecular formula is C15H23N3O2S. The fourth-order valence-corrected chi connectivity index (χ4v) is 2.94. The van der Waals surface area contributed by atoms with Crippen molar-refractivity contribution in [2.45, 2.75) is 27.3 Å². The number of amides is 3. The van der Waals surface area contributed by atoms with Crippen molar-refractivity contribution in [3.8, 4) is 0 Å². The van der Waals surface area contributed by atoms with Crippen LogP contribution in [0.4, 0.5) is 4.79 Å². The van der Waals surface area contributed by atoms with Crippen LogP contribution in [0.1, 0.15) is 26.3 Å². The van der Waals surface area contributed by atoms with E-state index in [0.717, 1.165) is 5.56 Å². The molecule has 0 radical (unpaired) electrons. The first kappa shape index (κ1) is 15.8. The minimum absolute atomic E-state index is 0.0518. The molecule has 116 valence electrons. The van der Waals surface area contributed by atoms with E-state index in [1.54, 1.807) is 16.2 Å². The van der Waals surface area contributed by atoms with Crippen molar-refractivity contribution in [2.75, 3.05) is 26.2 Å². The first-order chi connectivity index (χ1) is 9.88. The lowest BCUT2D eigenvalue weighted by Gasteiger charge is -2.37. The summed E-state index contributed by atoms with van der Waals surface area (Å²) in [5, 5.41) is 6.95. The Morgan fingerprint density at radius 2 is 1.81 bits per heavy atom. The summed E-state index contributed by atoms with van der Waals surface area (Å²) in [6, 6.07) is 1.95. The van der Waals surface area contributed by atoms with E-state index < -0.39 is 0 Å². The molecule has 3 amide bonds. The maximum Gasteiger partial charge on any atom is 0.317 e. The van der Waals surface area contributed by atoms with E-state index in [1.807, 2.05) is 42.5 Å². The molecule has 2 heterocycles. The monoisotopic (exact) mass is 309 g/mol. The lowest BCUT2D eigenvalue weighted by Crippen LogP contribution is -2.54. The minimum atomic E-state index is -0.358. The van der Waals surface area contributed by atoms with Crippen LogP contribution in [-0.2, 0) is 11.3 Å². The molecule has 1 aromatic rings. The number of hydrogen-bond donors (Lipinski definition) is 1. The SMILES string of the molecule is CC(C)(C)C(=O)N1CCN(C(=O)NCc2ccsc2)CC1. The van der Waals surface area contributed by atoms with Gasteiger partial charge in [-0.1, -0.05) is 20.8 Å². The Morgan fingerprint density at radius 3 is 2.33 bits per heavy atom. The van der Waals surface area contributed by atoms with E-state index >= 15 is 0 Å². The number of piperazine rings is 1. The predicted molar refractivity (Wildman–Crippen MR) is 84.2 cm³/mol. The van der Waals surface area contributed by atoms with Crippen molar-refractivity contribution < 1.29 is 9.59 Å². The van der Waals surface area contributed by atoms with Gasteiger partial charge in [-0.15, -0.1) is 0 Å². The van der Waals surface area contributed by atoms with Crippen molar-refractivity contribution in [2.24, 2.45) is 5.41 Å². The number of nitrogens with one attached hydrogen (secondary N) is 1. The molecular weight excluding hydrogens is 286 g/mol. The quantitative estimate of drug-likeness (QED) is 0.910. The van der Waals surface area contributed by atoms with Gasteiger partial charge in [-0.3, -0.25) is 4.79 Å². The second kappa shape index (κ2) is 6.47. The smallest absolute Gasteiger partial charge is 0.317 e. The highest BCUT2D eigenvalue weighted by Crippen LogP contribution is 2.18. The molecule has 0 atom stereocenters. The number of urea groups is 1. The summed E-state index contributed by atoms with van der Waals surface area (Å²) in [6.07, 6.45) is 0. The number of rotatable bonds is 2. The number of nitrogens with zero attached hydrogens (tertiary/aromatic N) is 2. The van der Waals surface area contributed by atoms with Gasteiger partial charge in [0.25, 0.3) is 0 Å². The molecule has 0 saturated carbocycles. The summed E-state index contributed by atoms with van der Waals surface area (Å²) in [7, 11) is 0. The first-order valence-electron chi connectivity index (χ1n) is 7.21. The standard InChI is InChI=1S/C15H23N3O2S/c1-15(2,3)13(19)17-5-7-18(8-6-17)14(20)16-10-12-4-9-21-11-12/h4,9,11H,5-8,10H2,1-3H3,(H,16,20). The second-order valence-corrected chi connectivity index (χ2v) is 7.10. The minimum Gasteiger partial charge on any atom is -0.339 e. The summed E-state index contributed by atoms with van der Waals surface area (Å²) in [5.74, 6) is 0.154. The van der Waals surface area contributed by atoms with Gasteiger partial charge in [-0.05, 0) is 22.4 Å². The molecule has 0 aromatic carbocycles. The highest BCUT2D eigenvalue weighted by molar-refractivity contribution is 7.07. The van der Waals surface area contributed by atoms with Gasteiger partial charge in [0.15, 0.2) is 0 Å².